The van der Waals surface area contributed by atoms with E-state index < -0.39 is 25.9 Å². The van der Waals surface area contributed by atoms with Crippen molar-refractivity contribution in [3.05, 3.63) is 59.9 Å². The molecular weight excluding hydrogens is 457 g/mol. The van der Waals surface area contributed by atoms with Gasteiger partial charge < -0.3 is 9.64 Å². The second kappa shape index (κ2) is 10.4. The van der Waals surface area contributed by atoms with Crippen LogP contribution in [0.4, 0.5) is 4.39 Å². The Morgan fingerprint density at radius 3 is 2.09 bits per heavy atom. The molecule has 0 aliphatic carbocycles. The van der Waals surface area contributed by atoms with Crippen molar-refractivity contribution in [2.75, 3.05) is 53.5 Å². The molecule has 0 N–H and O–H groups in total. The number of halogens is 1. The van der Waals surface area contributed by atoms with Crippen LogP contribution >= 0.6 is 0 Å². The van der Waals surface area contributed by atoms with Gasteiger partial charge in [0.1, 0.15) is 5.82 Å². The van der Waals surface area contributed by atoms with E-state index in [0.717, 1.165) is 0 Å². The number of ether oxygens (including phenoxy) is 1. The average molecular weight is 486 g/mol. The molecule has 0 bridgehead atoms. The Labute approximate surface area is 189 Å². The van der Waals surface area contributed by atoms with Crippen molar-refractivity contribution in [2.24, 2.45) is 0 Å². The first-order valence-electron chi connectivity index (χ1n) is 10.2. The molecule has 1 aliphatic rings. The van der Waals surface area contributed by atoms with Crippen molar-refractivity contribution < 1.29 is 26.0 Å². The molecule has 1 fully saturated rings. The molecular formula is C21H28FN3O5S2. The molecule has 1 heterocycles. The summed E-state index contributed by atoms with van der Waals surface area (Å²) in [6.45, 7) is 1.61. The summed E-state index contributed by atoms with van der Waals surface area (Å²) >= 11 is 0. The highest BCUT2D eigenvalue weighted by atomic mass is 32.2. The van der Waals surface area contributed by atoms with E-state index in [4.69, 9.17) is 4.74 Å². The number of rotatable bonds is 9. The number of nitrogens with zero attached hydrogens (tertiary/aromatic N) is 3. The molecule has 0 amide bonds. The van der Waals surface area contributed by atoms with Crippen LogP contribution in [0.2, 0.25) is 0 Å². The zero-order chi connectivity index (χ0) is 23.4. The molecule has 0 aromatic heterocycles. The third-order valence-corrected chi connectivity index (χ3v) is 8.94. The molecule has 0 unspecified atom stereocenters. The zero-order valence-corrected chi connectivity index (χ0v) is 19.8. The molecule has 8 nitrogen and oxygen atoms in total. The lowest BCUT2D eigenvalue weighted by Gasteiger charge is -2.26. The maximum absolute atomic E-state index is 14.2. The normalized spacial score (nSPS) is 16.0. The molecule has 1 saturated heterocycles. The molecule has 0 atom stereocenters. The van der Waals surface area contributed by atoms with Gasteiger partial charge in [0.25, 0.3) is 0 Å². The smallest absolute Gasteiger partial charge is 0.243 e. The van der Waals surface area contributed by atoms with Gasteiger partial charge >= 0.3 is 0 Å². The van der Waals surface area contributed by atoms with Crippen LogP contribution in [0, 0.1) is 5.82 Å². The fourth-order valence-electron chi connectivity index (χ4n) is 3.28. The maximum atomic E-state index is 14.2. The van der Waals surface area contributed by atoms with Crippen LogP contribution in [-0.2, 0) is 31.3 Å². The summed E-state index contributed by atoms with van der Waals surface area (Å²) < 4.78 is 74.2. The van der Waals surface area contributed by atoms with Crippen LogP contribution < -0.4 is 0 Å². The van der Waals surface area contributed by atoms with E-state index in [9.17, 15) is 21.2 Å². The van der Waals surface area contributed by atoms with Gasteiger partial charge in [0, 0.05) is 38.3 Å². The van der Waals surface area contributed by atoms with E-state index in [1.165, 1.54) is 38.9 Å². The Morgan fingerprint density at radius 2 is 1.50 bits per heavy atom. The van der Waals surface area contributed by atoms with Crippen molar-refractivity contribution >= 4 is 20.0 Å². The first-order valence-corrected chi connectivity index (χ1v) is 13.1. The van der Waals surface area contributed by atoms with Crippen LogP contribution in [-0.4, -0.2) is 83.8 Å². The number of hydrogen-bond acceptors (Lipinski definition) is 6. The molecule has 2 aromatic carbocycles. The van der Waals surface area contributed by atoms with Crippen molar-refractivity contribution in [1.29, 1.82) is 0 Å². The highest BCUT2D eigenvalue weighted by Crippen LogP contribution is 2.23. The van der Waals surface area contributed by atoms with E-state index in [0.29, 0.717) is 19.8 Å². The topological polar surface area (TPSA) is 87.2 Å². The van der Waals surface area contributed by atoms with Crippen molar-refractivity contribution in [3.63, 3.8) is 0 Å². The lowest BCUT2D eigenvalue weighted by molar-refractivity contribution is 0.0730. The van der Waals surface area contributed by atoms with Crippen molar-refractivity contribution in [1.82, 2.24) is 13.5 Å². The molecule has 1 aliphatic heterocycles. The molecule has 2 aromatic rings. The van der Waals surface area contributed by atoms with Gasteiger partial charge in [-0.15, -0.1) is 0 Å². The predicted octanol–water partition coefficient (Wildman–Crippen LogP) is 1.60. The van der Waals surface area contributed by atoms with Gasteiger partial charge in [-0.1, -0.05) is 18.2 Å². The Kier molecular flexibility index (Phi) is 8.01. The Bertz CT molecular complexity index is 1120. The zero-order valence-electron chi connectivity index (χ0n) is 18.1. The second-order valence-corrected chi connectivity index (χ2v) is 11.6. The fraction of sp³-hybridized carbons (Fsp3) is 0.429. The average Bonchev–Trinajstić information content (AvgIpc) is 2.78. The summed E-state index contributed by atoms with van der Waals surface area (Å²) in [5, 5.41) is 0. The minimum atomic E-state index is -3.99. The summed E-state index contributed by atoms with van der Waals surface area (Å²) in [6, 6.07) is 11.2. The van der Waals surface area contributed by atoms with Gasteiger partial charge in [-0.05, 0) is 44.4 Å². The molecule has 11 heteroatoms. The number of benzene rings is 2. The molecule has 176 valence electrons. The molecule has 3 rings (SSSR count). The van der Waals surface area contributed by atoms with E-state index >= 15 is 0 Å². The summed E-state index contributed by atoms with van der Waals surface area (Å²) in [7, 11) is -4.08. The minimum Gasteiger partial charge on any atom is -0.379 e. The fourth-order valence-corrected chi connectivity index (χ4v) is 6.10. The molecule has 32 heavy (non-hydrogen) atoms. The summed E-state index contributed by atoms with van der Waals surface area (Å²) in [5.74, 6) is -0.482. The number of likely N-dealkylation sites (N-methyl/N-ethyl adjacent to an activating group) is 1. The first-order chi connectivity index (χ1) is 15.1. The highest BCUT2D eigenvalue weighted by molar-refractivity contribution is 7.89. The van der Waals surface area contributed by atoms with Crippen LogP contribution in [0.1, 0.15) is 5.56 Å². The number of hydrogen-bond donors (Lipinski definition) is 0. The van der Waals surface area contributed by atoms with E-state index in [-0.39, 0.29) is 41.5 Å². The van der Waals surface area contributed by atoms with Crippen molar-refractivity contribution in [2.45, 2.75) is 16.3 Å². The third-order valence-electron chi connectivity index (χ3n) is 5.17. The maximum Gasteiger partial charge on any atom is 0.243 e. The van der Waals surface area contributed by atoms with Gasteiger partial charge in [-0.3, -0.25) is 0 Å². The number of sulfonamides is 2. The minimum absolute atomic E-state index is 0.0206. The van der Waals surface area contributed by atoms with Crippen molar-refractivity contribution in [3.8, 4) is 0 Å². The third kappa shape index (κ3) is 5.72. The lowest BCUT2D eigenvalue weighted by atomic mass is 10.2. The van der Waals surface area contributed by atoms with E-state index in [1.807, 2.05) is 19.0 Å². The molecule has 0 saturated carbocycles. The first kappa shape index (κ1) is 24.7. The van der Waals surface area contributed by atoms with Gasteiger partial charge in [-0.25, -0.2) is 21.2 Å². The lowest BCUT2D eigenvalue weighted by Crippen LogP contribution is -2.40. The van der Waals surface area contributed by atoms with Gasteiger partial charge in [0.2, 0.25) is 20.0 Å². The largest absolute Gasteiger partial charge is 0.379 e. The molecule has 0 radical (unpaired) electrons. The Balaban J connectivity index is 1.87. The monoisotopic (exact) mass is 485 g/mol. The Hall–Kier alpha value is -1.89. The van der Waals surface area contributed by atoms with Gasteiger partial charge in [-0.2, -0.15) is 8.61 Å². The standard InChI is InChI=1S/C21H28FN3O5S2/c1-23(2)11-12-25(17-18-5-3-4-6-21(18)22)32(28,29)20-9-7-19(8-10-20)31(26,27)24-13-15-30-16-14-24/h3-10H,11-17H2,1-2H3. The van der Waals surface area contributed by atoms with Crippen LogP contribution in [0.3, 0.4) is 0 Å². The quantitative estimate of drug-likeness (QED) is 0.536. The van der Waals surface area contributed by atoms with Gasteiger partial charge in [0.15, 0.2) is 0 Å². The van der Waals surface area contributed by atoms with Crippen LogP contribution in [0.25, 0.3) is 0 Å². The van der Waals surface area contributed by atoms with Crippen LogP contribution in [0.5, 0.6) is 0 Å². The summed E-state index contributed by atoms with van der Waals surface area (Å²) in [5.41, 5.74) is 0.265. The van der Waals surface area contributed by atoms with E-state index in [1.54, 1.807) is 18.2 Å². The van der Waals surface area contributed by atoms with E-state index in [2.05, 4.69) is 0 Å². The Morgan fingerprint density at radius 1 is 0.906 bits per heavy atom. The van der Waals surface area contributed by atoms with Gasteiger partial charge in [0.05, 0.1) is 23.0 Å². The second-order valence-electron chi connectivity index (χ2n) is 7.72. The predicted molar refractivity (Wildman–Crippen MR) is 119 cm³/mol. The van der Waals surface area contributed by atoms with Crippen LogP contribution in [0.15, 0.2) is 58.3 Å². The summed E-state index contributed by atoms with van der Waals surface area (Å²) in [4.78, 5) is 1.81. The SMILES string of the molecule is CN(C)CCN(Cc1ccccc1F)S(=O)(=O)c1ccc(S(=O)(=O)N2CCOCC2)cc1. The molecule has 0 spiro atoms. The summed E-state index contributed by atoms with van der Waals surface area (Å²) in [6.07, 6.45) is 0. The highest BCUT2D eigenvalue weighted by Gasteiger charge is 2.29. The number of morpholine rings is 1.